The summed E-state index contributed by atoms with van der Waals surface area (Å²) in [7, 11) is -2.08. The van der Waals surface area contributed by atoms with Crippen LogP contribution in [0.5, 0.6) is 0 Å². The minimum atomic E-state index is -3.40. The first-order valence-electron chi connectivity index (χ1n) is 4.58. The molecule has 1 aromatic rings. The van der Waals surface area contributed by atoms with Crippen LogP contribution >= 0.6 is 0 Å². The normalized spacial score (nSPS) is 12.1. The third-order valence-corrected chi connectivity index (χ3v) is 3.58. The molecule has 0 N–H and O–H groups in total. The standard InChI is InChI=1S/C10H13F2NO2S/c1-7-4-5-8(10(12)9(7)11)6-13(2)16(3,14)15/h4-5H,6H2,1-3H3. The summed E-state index contributed by atoms with van der Waals surface area (Å²) in [5.74, 6) is -1.92. The minimum absolute atomic E-state index is 0.0241. The molecule has 0 atom stereocenters. The summed E-state index contributed by atoms with van der Waals surface area (Å²) in [5, 5.41) is 0. The van der Waals surface area contributed by atoms with Crippen molar-refractivity contribution in [1.82, 2.24) is 4.31 Å². The lowest BCUT2D eigenvalue weighted by atomic mass is 10.1. The summed E-state index contributed by atoms with van der Waals surface area (Å²) in [6.07, 6.45) is 1.01. The summed E-state index contributed by atoms with van der Waals surface area (Å²) in [6, 6.07) is 2.80. The van der Waals surface area contributed by atoms with Gasteiger partial charge in [-0.3, -0.25) is 0 Å². The molecule has 0 aliphatic heterocycles. The molecule has 1 rings (SSSR count). The van der Waals surface area contributed by atoms with Crippen LogP contribution in [-0.4, -0.2) is 26.0 Å². The van der Waals surface area contributed by atoms with Crippen molar-refractivity contribution in [2.24, 2.45) is 0 Å². The maximum Gasteiger partial charge on any atom is 0.211 e. The van der Waals surface area contributed by atoms with E-state index >= 15 is 0 Å². The molecule has 0 saturated carbocycles. The second kappa shape index (κ2) is 4.47. The van der Waals surface area contributed by atoms with Gasteiger partial charge in [0.2, 0.25) is 10.0 Å². The van der Waals surface area contributed by atoms with Gasteiger partial charge >= 0.3 is 0 Å². The van der Waals surface area contributed by atoms with Crippen molar-refractivity contribution in [3.05, 3.63) is 34.9 Å². The lowest BCUT2D eigenvalue weighted by Gasteiger charge is -2.15. The molecule has 0 aliphatic rings. The summed E-state index contributed by atoms with van der Waals surface area (Å²) in [4.78, 5) is 0. The smallest absolute Gasteiger partial charge is 0.211 e. The van der Waals surface area contributed by atoms with Crippen molar-refractivity contribution < 1.29 is 17.2 Å². The Hall–Kier alpha value is -1.01. The Bertz CT molecular complexity index is 500. The molecule has 0 unspecified atom stereocenters. The number of aryl methyl sites for hydroxylation is 1. The fourth-order valence-corrected chi connectivity index (χ4v) is 1.54. The quantitative estimate of drug-likeness (QED) is 0.817. The Balaban J connectivity index is 3.04. The van der Waals surface area contributed by atoms with Gasteiger partial charge in [0.25, 0.3) is 0 Å². The van der Waals surface area contributed by atoms with Crippen LogP contribution in [0.25, 0.3) is 0 Å². The highest BCUT2D eigenvalue weighted by atomic mass is 32.2. The average molecular weight is 249 g/mol. The van der Waals surface area contributed by atoms with Crippen molar-refractivity contribution in [1.29, 1.82) is 0 Å². The maximum absolute atomic E-state index is 13.4. The third kappa shape index (κ3) is 2.76. The number of hydrogen-bond acceptors (Lipinski definition) is 2. The number of nitrogens with zero attached hydrogens (tertiary/aromatic N) is 1. The van der Waals surface area contributed by atoms with Crippen LogP contribution < -0.4 is 0 Å². The number of benzene rings is 1. The Morgan fingerprint density at radius 1 is 1.25 bits per heavy atom. The van der Waals surface area contributed by atoms with Crippen LogP contribution in [-0.2, 0) is 16.6 Å². The first-order valence-corrected chi connectivity index (χ1v) is 6.43. The predicted molar refractivity (Wildman–Crippen MR) is 57.4 cm³/mol. The number of rotatable bonds is 3. The van der Waals surface area contributed by atoms with E-state index in [1.165, 1.54) is 26.1 Å². The van der Waals surface area contributed by atoms with Gasteiger partial charge in [0.15, 0.2) is 11.6 Å². The van der Waals surface area contributed by atoms with E-state index in [4.69, 9.17) is 0 Å². The largest absolute Gasteiger partial charge is 0.213 e. The molecule has 0 bridgehead atoms. The van der Waals surface area contributed by atoms with Crippen molar-refractivity contribution in [2.75, 3.05) is 13.3 Å². The third-order valence-electron chi connectivity index (χ3n) is 2.31. The predicted octanol–water partition coefficient (Wildman–Crippen LogP) is 1.66. The van der Waals surface area contributed by atoms with E-state index < -0.39 is 21.7 Å². The summed E-state index contributed by atoms with van der Waals surface area (Å²) in [5.41, 5.74) is 0.222. The van der Waals surface area contributed by atoms with Crippen LogP contribution in [0.15, 0.2) is 12.1 Å². The minimum Gasteiger partial charge on any atom is -0.213 e. The lowest BCUT2D eigenvalue weighted by Crippen LogP contribution is -2.25. The molecule has 16 heavy (non-hydrogen) atoms. The molecule has 1 aromatic carbocycles. The van der Waals surface area contributed by atoms with Gasteiger partial charge < -0.3 is 0 Å². The molecule has 3 nitrogen and oxygen atoms in total. The maximum atomic E-state index is 13.4. The average Bonchev–Trinajstić information content (AvgIpc) is 2.17. The Morgan fingerprint density at radius 3 is 2.31 bits per heavy atom. The van der Waals surface area contributed by atoms with Crippen LogP contribution in [0.1, 0.15) is 11.1 Å². The number of sulfonamides is 1. The summed E-state index contributed by atoms with van der Waals surface area (Å²) < 4.78 is 49.8. The summed E-state index contributed by atoms with van der Waals surface area (Å²) >= 11 is 0. The van der Waals surface area contributed by atoms with E-state index in [0.29, 0.717) is 0 Å². The van der Waals surface area contributed by atoms with Crippen molar-refractivity contribution in [3.8, 4) is 0 Å². The Labute approximate surface area is 93.7 Å². The van der Waals surface area contributed by atoms with Crippen LogP contribution in [0.3, 0.4) is 0 Å². The molecule has 90 valence electrons. The van der Waals surface area contributed by atoms with E-state index in [2.05, 4.69) is 0 Å². The molecule has 0 amide bonds. The summed E-state index contributed by atoms with van der Waals surface area (Å²) in [6.45, 7) is 1.27. The van der Waals surface area contributed by atoms with E-state index in [1.54, 1.807) is 0 Å². The van der Waals surface area contributed by atoms with Gasteiger partial charge in [-0.1, -0.05) is 12.1 Å². The SMILES string of the molecule is Cc1ccc(CN(C)S(C)(=O)=O)c(F)c1F. The van der Waals surface area contributed by atoms with Gasteiger partial charge in [-0.2, -0.15) is 0 Å². The van der Waals surface area contributed by atoms with Crippen molar-refractivity contribution in [2.45, 2.75) is 13.5 Å². The van der Waals surface area contributed by atoms with E-state index in [0.717, 1.165) is 10.6 Å². The molecule has 6 heteroatoms. The van der Waals surface area contributed by atoms with Gasteiger partial charge in [-0.05, 0) is 12.5 Å². The highest BCUT2D eigenvalue weighted by molar-refractivity contribution is 7.88. The zero-order valence-electron chi connectivity index (χ0n) is 9.29. The highest BCUT2D eigenvalue weighted by Gasteiger charge is 2.16. The number of halogens is 2. The van der Waals surface area contributed by atoms with Crippen molar-refractivity contribution in [3.63, 3.8) is 0 Å². The second-order valence-electron chi connectivity index (χ2n) is 3.69. The fraction of sp³-hybridized carbons (Fsp3) is 0.400. The van der Waals surface area contributed by atoms with E-state index in [-0.39, 0.29) is 17.7 Å². The zero-order valence-corrected chi connectivity index (χ0v) is 10.1. The lowest BCUT2D eigenvalue weighted by molar-refractivity contribution is 0.444. The molecule has 0 fully saturated rings. The Kier molecular flexibility index (Phi) is 3.64. The topological polar surface area (TPSA) is 37.4 Å². The van der Waals surface area contributed by atoms with Crippen LogP contribution in [0, 0.1) is 18.6 Å². The van der Waals surface area contributed by atoms with Gasteiger partial charge in [0.05, 0.1) is 6.26 Å². The molecule has 0 aliphatic carbocycles. The van der Waals surface area contributed by atoms with Gasteiger partial charge in [0, 0.05) is 19.2 Å². The fourth-order valence-electron chi connectivity index (χ4n) is 1.17. The monoisotopic (exact) mass is 249 g/mol. The molecular formula is C10H13F2NO2S. The molecule has 0 saturated heterocycles. The second-order valence-corrected chi connectivity index (χ2v) is 5.78. The van der Waals surface area contributed by atoms with Gasteiger partial charge in [0.1, 0.15) is 0 Å². The molecular weight excluding hydrogens is 236 g/mol. The first-order chi connectivity index (χ1) is 7.23. The zero-order chi connectivity index (χ0) is 12.5. The molecule has 0 heterocycles. The number of hydrogen-bond donors (Lipinski definition) is 0. The molecule has 0 spiro atoms. The Morgan fingerprint density at radius 2 is 1.81 bits per heavy atom. The van der Waals surface area contributed by atoms with Crippen molar-refractivity contribution >= 4 is 10.0 Å². The van der Waals surface area contributed by atoms with Crippen LogP contribution in [0.4, 0.5) is 8.78 Å². The molecule has 0 aromatic heterocycles. The van der Waals surface area contributed by atoms with Crippen LogP contribution in [0.2, 0.25) is 0 Å². The van der Waals surface area contributed by atoms with E-state index in [1.807, 2.05) is 0 Å². The van der Waals surface area contributed by atoms with E-state index in [9.17, 15) is 17.2 Å². The first kappa shape index (κ1) is 13.1. The van der Waals surface area contributed by atoms with Gasteiger partial charge in [-0.15, -0.1) is 0 Å². The highest BCUT2D eigenvalue weighted by Crippen LogP contribution is 2.17. The van der Waals surface area contributed by atoms with Gasteiger partial charge in [-0.25, -0.2) is 21.5 Å². The molecule has 0 radical (unpaired) electrons.